The van der Waals surface area contributed by atoms with Crippen molar-refractivity contribution in [3.05, 3.63) is 175 Å². The van der Waals surface area contributed by atoms with Crippen molar-refractivity contribution in [1.29, 1.82) is 0 Å². The Labute approximate surface area is 342 Å². The SMILES string of the molecule is C=C/C=C\C(=C)C1=Nc2c(ccc3ccc(-c4ccc(-c5ccc6cc(-c7ccc8nc(-c9ccc%10c(n9)C9=C(CCN9)CN%10)ccc8c7)ccc6n5)cc4)nc23)CC1. The molecule has 7 heteroatoms. The molecule has 282 valence electrons. The summed E-state index contributed by atoms with van der Waals surface area (Å²) in [5.74, 6) is 0. The first-order valence-corrected chi connectivity index (χ1v) is 20.2. The molecule has 0 saturated heterocycles. The molecule has 0 fully saturated rings. The molecule has 4 aromatic heterocycles. The van der Waals surface area contributed by atoms with Gasteiger partial charge in [0, 0.05) is 46.1 Å². The van der Waals surface area contributed by atoms with E-state index in [0.717, 1.165) is 138 Å². The molecule has 7 nitrogen and oxygen atoms in total. The molecule has 0 aliphatic carbocycles. The lowest BCUT2D eigenvalue weighted by Gasteiger charge is -2.20. The third-order valence-electron chi connectivity index (χ3n) is 11.8. The highest BCUT2D eigenvalue weighted by molar-refractivity contribution is 6.07. The van der Waals surface area contributed by atoms with Gasteiger partial charge in [-0.3, -0.25) is 4.99 Å². The molecular weight excluding hydrogens is 723 g/mol. The van der Waals surface area contributed by atoms with Gasteiger partial charge in [-0.05, 0) is 102 Å². The largest absolute Gasteiger partial charge is 0.383 e. The van der Waals surface area contributed by atoms with Crippen LogP contribution in [-0.4, -0.2) is 38.7 Å². The van der Waals surface area contributed by atoms with Crippen LogP contribution in [0.4, 0.5) is 11.4 Å². The number of fused-ring (bicyclic) bond motifs is 7. The monoisotopic (exact) mass is 761 g/mol. The number of hydrogen-bond donors (Lipinski definition) is 2. The van der Waals surface area contributed by atoms with Crippen molar-refractivity contribution < 1.29 is 0 Å². The summed E-state index contributed by atoms with van der Waals surface area (Å²) in [7, 11) is 0. The van der Waals surface area contributed by atoms with Crippen LogP contribution in [0.25, 0.3) is 83.4 Å². The van der Waals surface area contributed by atoms with Gasteiger partial charge in [-0.1, -0.05) is 98.1 Å². The first-order valence-electron chi connectivity index (χ1n) is 20.2. The average molecular weight is 762 g/mol. The number of aliphatic imine (C=N–C) groups is 1. The fourth-order valence-corrected chi connectivity index (χ4v) is 8.54. The van der Waals surface area contributed by atoms with E-state index in [4.69, 9.17) is 24.9 Å². The Hall–Kier alpha value is -7.51. The summed E-state index contributed by atoms with van der Waals surface area (Å²) in [6, 6.07) is 42.7. The Morgan fingerprint density at radius 2 is 1.20 bits per heavy atom. The minimum atomic E-state index is 0.860. The van der Waals surface area contributed by atoms with E-state index in [1.54, 1.807) is 6.08 Å². The highest BCUT2D eigenvalue weighted by atomic mass is 15.0. The van der Waals surface area contributed by atoms with E-state index in [-0.39, 0.29) is 0 Å². The number of hydrogen-bond acceptors (Lipinski definition) is 7. The molecule has 0 amide bonds. The van der Waals surface area contributed by atoms with Crippen molar-refractivity contribution >= 4 is 55.5 Å². The van der Waals surface area contributed by atoms with Crippen LogP contribution in [0.2, 0.25) is 0 Å². The van der Waals surface area contributed by atoms with Crippen LogP contribution in [-0.2, 0) is 6.42 Å². The zero-order valence-electron chi connectivity index (χ0n) is 32.5. The topological polar surface area (TPSA) is 88.0 Å². The second-order valence-corrected chi connectivity index (χ2v) is 15.4. The molecule has 3 aliphatic rings. The molecule has 11 rings (SSSR count). The number of nitrogens with one attached hydrogen (secondary N) is 2. The lowest BCUT2D eigenvalue weighted by molar-refractivity contribution is 0.909. The summed E-state index contributed by atoms with van der Waals surface area (Å²) in [6.45, 7) is 9.87. The van der Waals surface area contributed by atoms with E-state index >= 15 is 0 Å². The molecule has 7 heterocycles. The third-order valence-corrected chi connectivity index (χ3v) is 11.8. The molecule has 0 bridgehead atoms. The second-order valence-electron chi connectivity index (χ2n) is 15.4. The van der Waals surface area contributed by atoms with E-state index < -0.39 is 0 Å². The number of benzene rings is 4. The van der Waals surface area contributed by atoms with Crippen molar-refractivity contribution in [3.63, 3.8) is 0 Å². The Balaban J connectivity index is 0.833. The van der Waals surface area contributed by atoms with Gasteiger partial charge in [-0.25, -0.2) is 19.9 Å². The molecule has 3 aliphatic heterocycles. The smallest absolute Gasteiger partial charge is 0.110 e. The minimum Gasteiger partial charge on any atom is -0.383 e. The summed E-state index contributed by atoms with van der Waals surface area (Å²) >= 11 is 0. The zero-order valence-corrected chi connectivity index (χ0v) is 32.5. The number of allylic oxidation sites excluding steroid dienone is 4. The quantitative estimate of drug-likeness (QED) is 0.157. The minimum absolute atomic E-state index is 0.860. The molecular formula is C52H39N7. The highest BCUT2D eigenvalue weighted by Crippen LogP contribution is 2.37. The van der Waals surface area contributed by atoms with E-state index in [9.17, 15) is 0 Å². The molecule has 2 N–H and O–H groups in total. The molecule has 0 radical (unpaired) electrons. The van der Waals surface area contributed by atoms with Crippen LogP contribution >= 0.6 is 0 Å². The molecule has 0 unspecified atom stereocenters. The predicted molar refractivity (Wildman–Crippen MR) is 244 cm³/mol. The lowest BCUT2D eigenvalue weighted by atomic mass is 9.96. The van der Waals surface area contributed by atoms with Gasteiger partial charge in [0.25, 0.3) is 0 Å². The number of nitrogens with zero attached hydrogens (tertiary/aromatic N) is 5. The molecule has 0 saturated carbocycles. The van der Waals surface area contributed by atoms with Gasteiger partial charge in [-0.2, -0.15) is 0 Å². The van der Waals surface area contributed by atoms with Crippen molar-refractivity contribution in [2.45, 2.75) is 19.3 Å². The van der Waals surface area contributed by atoms with E-state index in [1.807, 2.05) is 12.2 Å². The van der Waals surface area contributed by atoms with Gasteiger partial charge in [0.05, 0.1) is 56.4 Å². The maximum atomic E-state index is 5.15. The number of rotatable bonds is 7. The summed E-state index contributed by atoms with van der Waals surface area (Å²) < 4.78 is 0. The standard InChI is InChI=1S/C52H39N7/c1-3-4-5-31(2)41-18-12-34-10-11-35-13-19-43(58-51(35)50(34)57-41)33-8-6-32(7-9-33)42-22-16-38-28-36(14-20-44(38)55-42)37-15-21-45-39(29-37)17-23-46(56-45)47-24-25-48-52(59-47)49-40(30-54-48)26-27-53-49/h3-11,13-17,19-25,28-29,53-54H,1-2,12,18,26-27,30H2/b5-4-. The normalized spacial score (nSPS) is 14.5. The Morgan fingerprint density at radius 1 is 0.576 bits per heavy atom. The zero-order chi connectivity index (χ0) is 39.5. The third kappa shape index (κ3) is 6.28. The average Bonchev–Trinajstić information content (AvgIpc) is 3.79. The van der Waals surface area contributed by atoms with E-state index in [2.05, 4.69) is 145 Å². The number of anilines is 1. The fraction of sp³-hybridized carbons (Fsp3) is 0.0962. The van der Waals surface area contributed by atoms with Crippen LogP contribution in [0.15, 0.2) is 169 Å². The summed E-state index contributed by atoms with van der Waals surface area (Å²) in [5.41, 5.74) is 19.5. The van der Waals surface area contributed by atoms with Gasteiger partial charge < -0.3 is 10.6 Å². The van der Waals surface area contributed by atoms with Crippen LogP contribution in [0.5, 0.6) is 0 Å². The maximum absolute atomic E-state index is 5.15. The number of aromatic nitrogens is 4. The van der Waals surface area contributed by atoms with Gasteiger partial charge in [0.15, 0.2) is 0 Å². The van der Waals surface area contributed by atoms with Gasteiger partial charge in [0.1, 0.15) is 5.69 Å². The first-order chi connectivity index (χ1) is 29.0. The van der Waals surface area contributed by atoms with Crippen molar-refractivity contribution in [2.24, 2.45) is 4.99 Å². The predicted octanol–water partition coefficient (Wildman–Crippen LogP) is 11.8. The fourth-order valence-electron chi connectivity index (χ4n) is 8.54. The van der Waals surface area contributed by atoms with E-state index in [1.165, 1.54) is 16.8 Å². The Morgan fingerprint density at radius 3 is 1.95 bits per heavy atom. The number of pyridine rings is 4. The molecule has 8 aromatic rings. The van der Waals surface area contributed by atoms with E-state index in [0.29, 0.717) is 0 Å². The maximum Gasteiger partial charge on any atom is 0.110 e. The second kappa shape index (κ2) is 14.1. The van der Waals surface area contributed by atoms with Crippen molar-refractivity contribution in [3.8, 4) is 45.0 Å². The molecule has 0 spiro atoms. The lowest BCUT2D eigenvalue weighted by Crippen LogP contribution is -2.17. The van der Waals surface area contributed by atoms with Crippen LogP contribution in [0.3, 0.4) is 0 Å². The summed E-state index contributed by atoms with van der Waals surface area (Å²) in [4.78, 5) is 25.3. The summed E-state index contributed by atoms with van der Waals surface area (Å²) in [5, 5.41) is 10.3. The Kier molecular flexibility index (Phi) is 8.32. The van der Waals surface area contributed by atoms with Crippen LogP contribution < -0.4 is 10.6 Å². The highest BCUT2D eigenvalue weighted by Gasteiger charge is 2.24. The Bertz CT molecular complexity index is 3170. The molecule has 0 atom stereocenters. The van der Waals surface area contributed by atoms with Crippen molar-refractivity contribution in [1.82, 2.24) is 25.3 Å². The van der Waals surface area contributed by atoms with Gasteiger partial charge >= 0.3 is 0 Å². The molecule has 4 aromatic carbocycles. The molecule has 59 heavy (non-hydrogen) atoms. The van der Waals surface area contributed by atoms with Gasteiger partial charge in [0.2, 0.25) is 0 Å². The van der Waals surface area contributed by atoms with Crippen LogP contribution in [0.1, 0.15) is 24.1 Å². The van der Waals surface area contributed by atoms with Gasteiger partial charge in [-0.15, -0.1) is 0 Å². The van der Waals surface area contributed by atoms with Crippen molar-refractivity contribution in [2.75, 3.05) is 18.4 Å². The number of aryl methyl sites for hydroxylation is 1. The summed E-state index contributed by atoms with van der Waals surface area (Å²) in [6.07, 6.45) is 8.47. The first kappa shape index (κ1) is 34.7. The van der Waals surface area contributed by atoms with Crippen LogP contribution in [0, 0.1) is 0 Å².